The van der Waals surface area contributed by atoms with E-state index in [9.17, 15) is 18.0 Å². The second kappa shape index (κ2) is 7.54. The van der Waals surface area contributed by atoms with Gasteiger partial charge in [-0.1, -0.05) is 0 Å². The summed E-state index contributed by atoms with van der Waals surface area (Å²) in [5, 5.41) is 0. The van der Waals surface area contributed by atoms with E-state index in [4.69, 9.17) is 9.47 Å². The number of carbonyl (C=O) groups excluding carboxylic acids is 1. The molecular formula is C15H18F3NO4. The van der Waals surface area contributed by atoms with Crippen LogP contribution in [0.3, 0.4) is 0 Å². The summed E-state index contributed by atoms with van der Waals surface area (Å²) in [6, 6.07) is 5.28. The first-order valence-electron chi connectivity index (χ1n) is 7.26. The van der Waals surface area contributed by atoms with E-state index in [1.807, 2.05) is 4.90 Å². The van der Waals surface area contributed by atoms with Gasteiger partial charge < -0.3 is 14.2 Å². The molecule has 0 aromatic heterocycles. The Morgan fingerprint density at radius 2 is 1.83 bits per heavy atom. The van der Waals surface area contributed by atoms with Crippen LogP contribution in [-0.2, 0) is 9.53 Å². The van der Waals surface area contributed by atoms with Gasteiger partial charge in [0.1, 0.15) is 17.6 Å². The zero-order valence-corrected chi connectivity index (χ0v) is 12.6. The summed E-state index contributed by atoms with van der Waals surface area (Å²) in [6.45, 7) is 4.08. The quantitative estimate of drug-likeness (QED) is 0.718. The molecule has 0 bridgehead atoms. The van der Waals surface area contributed by atoms with Crippen LogP contribution in [0, 0.1) is 0 Å². The molecule has 1 heterocycles. The van der Waals surface area contributed by atoms with Crippen molar-refractivity contribution in [1.82, 2.24) is 4.90 Å². The number of benzene rings is 1. The fraction of sp³-hybridized carbons (Fsp3) is 0.533. The predicted molar refractivity (Wildman–Crippen MR) is 75.2 cm³/mol. The van der Waals surface area contributed by atoms with Gasteiger partial charge in [-0.05, 0) is 31.2 Å². The van der Waals surface area contributed by atoms with Gasteiger partial charge in [-0.3, -0.25) is 9.69 Å². The lowest BCUT2D eigenvalue weighted by Gasteiger charge is -2.38. The number of ether oxygens (including phenoxy) is 3. The molecule has 128 valence electrons. The van der Waals surface area contributed by atoms with Crippen LogP contribution in [0.15, 0.2) is 24.3 Å². The van der Waals surface area contributed by atoms with Crippen LogP contribution in [0.5, 0.6) is 11.5 Å². The van der Waals surface area contributed by atoms with Crippen LogP contribution in [0.2, 0.25) is 0 Å². The molecule has 0 amide bonds. The molecule has 0 aliphatic carbocycles. The Kier molecular flexibility index (Phi) is 5.70. The van der Waals surface area contributed by atoms with E-state index >= 15 is 0 Å². The third-order valence-corrected chi connectivity index (χ3v) is 3.22. The van der Waals surface area contributed by atoms with E-state index in [-0.39, 0.29) is 17.8 Å². The number of carbonyl (C=O) groups is 1. The highest BCUT2D eigenvalue weighted by Gasteiger charge is 2.31. The van der Waals surface area contributed by atoms with Crippen LogP contribution in [0.4, 0.5) is 13.2 Å². The lowest BCUT2D eigenvalue weighted by atomic mass is 10.1. The minimum absolute atomic E-state index is 0.0356. The number of alkyl halides is 3. The number of halogens is 3. The fourth-order valence-electron chi connectivity index (χ4n) is 2.17. The first kappa shape index (κ1) is 17.4. The van der Waals surface area contributed by atoms with E-state index in [0.29, 0.717) is 38.4 Å². The topological polar surface area (TPSA) is 48.0 Å². The molecule has 1 aromatic rings. The molecule has 1 aliphatic rings. The van der Waals surface area contributed by atoms with Gasteiger partial charge in [0.2, 0.25) is 0 Å². The van der Waals surface area contributed by atoms with Crippen LogP contribution in [0.1, 0.15) is 13.3 Å². The van der Waals surface area contributed by atoms with Crippen molar-refractivity contribution >= 4 is 5.97 Å². The number of rotatable bonds is 7. The molecule has 1 aromatic carbocycles. The lowest BCUT2D eigenvalue weighted by Crippen LogP contribution is -2.54. The van der Waals surface area contributed by atoms with Crippen molar-refractivity contribution in [2.45, 2.75) is 25.8 Å². The molecule has 0 radical (unpaired) electrons. The van der Waals surface area contributed by atoms with Crippen LogP contribution >= 0.6 is 0 Å². The largest absolute Gasteiger partial charge is 0.573 e. The van der Waals surface area contributed by atoms with E-state index < -0.39 is 6.36 Å². The molecule has 1 fully saturated rings. The molecule has 1 saturated heterocycles. The first-order chi connectivity index (χ1) is 10.9. The van der Waals surface area contributed by atoms with Crippen molar-refractivity contribution in [3.05, 3.63) is 24.3 Å². The Hall–Kier alpha value is -1.96. The van der Waals surface area contributed by atoms with Gasteiger partial charge >= 0.3 is 12.3 Å². The van der Waals surface area contributed by atoms with E-state index in [1.54, 1.807) is 6.92 Å². The Labute approximate surface area is 131 Å². The minimum atomic E-state index is -4.70. The van der Waals surface area contributed by atoms with Crippen LogP contribution in [-0.4, -0.2) is 49.6 Å². The van der Waals surface area contributed by atoms with Gasteiger partial charge in [0.05, 0.1) is 13.0 Å². The molecule has 0 N–H and O–H groups in total. The summed E-state index contributed by atoms with van der Waals surface area (Å²) in [6.07, 6.45) is -4.40. The number of likely N-dealkylation sites (tertiary alicyclic amines) is 1. The van der Waals surface area contributed by atoms with Crippen LogP contribution in [0.25, 0.3) is 0 Å². The Morgan fingerprint density at radius 3 is 2.39 bits per heavy atom. The average molecular weight is 333 g/mol. The summed E-state index contributed by atoms with van der Waals surface area (Å²) in [5.41, 5.74) is 0. The maximum absolute atomic E-state index is 12.0. The van der Waals surface area contributed by atoms with E-state index in [2.05, 4.69) is 4.74 Å². The zero-order valence-electron chi connectivity index (χ0n) is 12.6. The molecule has 0 atom stereocenters. The van der Waals surface area contributed by atoms with Gasteiger partial charge in [-0.15, -0.1) is 13.2 Å². The monoisotopic (exact) mass is 333 g/mol. The van der Waals surface area contributed by atoms with Gasteiger partial charge in [0.25, 0.3) is 0 Å². The fourth-order valence-corrected chi connectivity index (χ4v) is 2.17. The summed E-state index contributed by atoms with van der Waals surface area (Å²) in [4.78, 5) is 13.3. The van der Waals surface area contributed by atoms with Crippen molar-refractivity contribution in [2.24, 2.45) is 0 Å². The van der Waals surface area contributed by atoms with Gasteiger partial charge in [0, 0.05) is 19.6 Å². The number of nitrogens with zero attached hydrogens (tertiary/aromatic N) is 1. The standard InChI is InChI=1S/C15H18F3NO4/c1-2-21-14(20)7-8-19-9-13(10-19)22-11-3-5-12(6-4-11)23-15(16,17)18/h3-6,13H,2,7-10H2,1H3. The Morgan fingerprint density at radius 1 is 1.22 bits per heavy atom. The molecular weight excluding hydrogens is 315 g/mol. The van der Waals surface area contributed by atoms with Gasteiger partial charge in [-0.2, -0.15) is 0 Å². The first-order valence-corrected chi connectivity index (χ1v) is 7.26. The molecule has 5 nitrogen and oxygen atoms in total. The molecule has 0 unspecified atom stereocenters. The zero-order chi connectivity index (χ0) is 16.9. The third kappa shape index (κ3) is 5.97. The molecule has 2 rings (SSSR count). The second-order valence-electron chi connectivity index (χ2n) is 5.07. The van der Waals surface area contributed by atoms with Crippen molar-refractivity contribution < 1.29 is 32.2 Å². The van der Waals surface area contributed by atoms with Crippen LogP contribution < -0.4 is 9.47 Å². The number of esters is 1. The van der Waals surface area contributed by atoms with Crippen molar-refractivity contribution in [1.29, 1.82) is 0 Å². The van der Waals surface area contributed by atoms with Gasteiger partial charge in [-0.25, -0.2) is 0 Å². The maximum Gasteiger partial charge on any atom is 0.573 e. The third-order valence-electron chi connectivity index (χ3n) is 3.22. The SMILES string of the molecule is CCOC(=O)CCN1CC(Oc2ccc(OC(F)(F)F)cc2)C1. The summed E-state index contributed by atoms with van der Waals surface area (Å²) in [5.74, 6) is -0.0267. The number of hydrogen-bond acceptors (Lipinski definition) is 5. The van der Waals surface area contributed by atoms with E-state index in [1.165, 1.54) is 24.3 Å². The Bertz CT molecular complexity index is 512. The Balaban J connectivity index is 1.68. The van der Waals surface area contributed by atoms with Crippen molar-refractivity contribution in [3.8, 4) is 11.5 Å². The number of hydrogen-bond donors (Lipinski definition) is 0. The summed E-state index contributed by atoms with van der Waals surface area (Å²) >= 11 is 0. The smallest absolute Gasteiger partial charge is 0.488 e. The highest BCUT2D eigenvalue weighted by molar-refractivity contribution is 5.69. The highest BCUT2D eigenvalue weighted by Crippen LogP contribution is 2.26. The molecule has 0 spiro atoms. The normalized spacial score (nSPS) is 15.8. The summed E-state index contributed by atoms with van der Waals surface area (Å²) in [7, 11) is 0. The van der Waals surface area contributed by atoms with Crippen molar-refractivity contribution in [2.75, 3.05) is 26.2 Å². The summed E-state index contributed by atoms with van der Waals surface area (Å²) < 4.78 is 50.4. The predicted octanol–water partition coefficient (Wildman–Crippen LogP) is 2.60. The average Bonchev–Trinajstić information content (AvgIpc) is 2.41. The van der Waals surface area contributed by atoms with Gasteiger partial charge in [0.15, 0.2) is 0 Å². The van der Waals surface area contributed by atoms with Crippen molar-refractivity contribution in [3.63, 3.8) is 0 Å². The second-order valence-corrected chi connectivity index (χ2v) is 5.07. The maximum atomic E-state index is 12.0. The molecule has 1 aliphatic heterocycles. The minimum Gasteiger partial charge on any atom is -0.488 e. The van der Waals surface area contributed by atoms with E-state index in [0.717, 1.165) is 0 Å². The molecule has 8 heteroatoms. The lowest BCUT2D eigenvalue weighted by molar-refractivity contribution is -0.274. The molecule has 0 saturated carbocycles. The molecule has 23 heavy (non-hydrogen) atoms. The highest BCUT2D eigenvalue weighted by atomic mass is 19.4.